The van der Waals surface area contributed by atoms with Crippen LogP contribution in [0.2, 0.25) is 0 Å². The van der Waals surface area contributed by atoms with Crippen molar-refractivity contribution in [2.45, 2.75) is 32.7 Å². The highest BCUT2D eigenvalue weighted by atomic mass is 19.1. The summed E-state index contributed by atoms with van der Waals surface area (Å²) in [4.78, 5) is 26.1. The third-order valence-corrected chi connectivity index (χ3v) is 5.82. The number of benzene rings is 2. The Hall–Kier alpha value is -3.32. The van der Waals surface area contributed by atoms with E-state index in [-0.39, 0.29) is 11.7 Å². The molecule has 33 heavy (non-hydrogen) atoms. The standard InChI is InChI=1S/C26H29FN4O2/c1-19-23-12-13-25(32)31(15-14-20-6-4-3-5-7-20)26(23)29-24(28-19)18-30(2)16-17-33-22-10-8-21(27)9-11-22/h3-11H,12-18H2,1-2H3. The average molecular weight is 449 g/mol. The average Bonchev–Trinajstić information content (AvgIpc) is 2.80. The zero-order chi connectivity index (χ0) is 23.2. The molecule has 0 aliphatic carbocycles. The molecule has 0 radical (unpaired) electrons. The molecule has 0 fully saturated rings. The number of rotatable bonds is 9. The lowest BCUT2D eigenvalue weighted by atomic mass is 10.0. The highest BCUT2D eigenvalue weighted by Gasteiger charge is 2.28. The largest absolute Gasteiger partial charge is 0.492 e. The summed E-state index contributed by atoms with van der Waals surface area (Å²) in [5.41, 5.74) is 3.20. The van der Waals surface area contributed by atoms with Crippen LogP contribution in [0.4, 0.5) is 10.2 Å². The Kier molecular flexibility index (Phi) is 7.29. The van der Waals surface area contributed by atoms with Gasteiger partial charge in [-0.3, -0.25) is 14.6 Å². The SMILES string of the molecule is Cc1nc(CN(C)CCOc2ccc(F)cc2)nc2c1CCC(=O)N2CCc1ccccc1. The summed E-state index contributed by atoms with van der Waals surface area (Å²) in [6.45, 7) is 4.27. The molecular formula is C26H29FN4O2. The highest BCUT2D eigenvalue weighted by molar-refractivity contribution is 5.95. The van der Waals surface area contributed by atoms with E-state index >= 15 is 0 Å². The number of fused-ring (bicyclic) bond motifs is 1. The second-order valence-corrected chi connectivity index (χ2v) is 8.35. The third-order valence-electron chi connectivity index (χ3n) is 5.82. The first-order valence-electron chi connectivity index (χ1n) is 11.3. The van der Waals surface area contributed by atoms with Gasteiger partial charge in [-0.1, -0.05) is 30.3 Å². The molecule has 0 N–H and O–H groups in total. The van der Waals surface area contributed by atoms with Crippen LogP contribution in [0.3, 0.4) is 0 Å². The molecule has 7 heteroatoms. The lowest BCUT2D eigenvalue weighted by Gasteiger charge is -2.30. The molecule has 172 valence electrons. The molecular weight excluding hydrogens is 419 g/mol. The van der Waals surface area contributed by atoms with Gasteiger partial charge in [0.25, 0.3) is 0 Å². The molecule has 3 aromatic rings. The molecule has 0 atom stereocenters. The van der Waals surface area contributed by atoms with Gasteiger partial charge < -0.3 is 4.74 Å². The first kappa shape index (κ1) is 22.9. The molecule has 0 unspecified atom stereocenters. The van der Waals surface area contributed by atoms with Crippen molar-refractivity contribution >= 4 is 11.7 Å². The number of hydrogen-bond acceptors (Lipinski definition) is 5. The van der Waals surface area contributed by atoms with E-state index in [1.54, 1.807) is 12.1 Å². The molecule has 2 heterocycles. The van der Waals surface area contributed by atoms with Crippen LogP contribution in [0, 0.1) is 12.7 Å². The summed E-state index contributed by atoms with van der Waals surface area (Å²) < 4.78 is 18.7. The smallest absolute Gasteiger partial charge is 0.228 e. The fraction of sp³-hybridized carbons (Fsp3) is 0.346. The number of halogens is 1. The number of aryl methyl sites for hydroxylation is 1. The summed E-state index contributed by atoms with van der Waals surface area (Å²) in [5, 5.41) is 0. The van der Waals surface area contributed by atoms with Gasteiger partial charge in [-0.15, -0.1) is 0 Å². The molecule has 1 aliphatic heterocycles. The number of nitrogens with zero attached hydrogens (tertiary/aromatic N) is 4. The van der Waals surface area contributed by atoms with Crippen molar-refractivity contribution < 1.29 is 13.9 Å². The van der Waals surface area contributed by atoms with E-state index in [9.17, 15) is 9.18 Å². The van der Waals surface area contributed by atoms with Gasteiger partial charge in [-0.2, -0.15) is 0 Å². The fourth-order valence-electron chi connectivity index (χ4n) is 4.00. The zero-order valence-corrected chi connectivity index (χ0v) is 19.1. The first-order valence-corrected chi connectivity index (χ1v) is 11.3. The maximum atomic E-state index is 13.0. The van der Waals surface area contributed by atoms with Gasteiger partial charge in [0.05, 0.1) is 6.54 Å². The summed E-state index contributed by atoms with van der Waals surface area (Å²) in [6, 6.07) is 16.2. The quantitative estimate of drug-likeness (QED) is 0.496. The highest BCUT2D eigenvalue weighted by Crippen LogP contribution is 2.28. The number of carbonyl (C=O) groups is 1. The summed E-state index contributed by atoms with van der Waals surface area (Å²) in [7, 11) is 1.98. The second-order valence-electron chi connectivity index (χ2n) is 8.35. The van der Waals surface area contributed by atoms with Crippen molar-refractivity contribution in [3.8, 4) is 5.75 Å². The van der Waals surface area contributed by atoms with Gasteiger partial charge in [0.15, 0.2) is 0 Å². The van der Waals surface area contributed by atoms with Crippen molar-refractivity contribution in [1.29, 1.82) is 0 Å². The number of ether oxygens (including phenoxy) is 1. The number of carbonyl (C=O) groups excluding carboxylic acids is 1. The van der Waals surface area contributed by atoms with Crippen LogP contribution in [0.25, 0.3) is 0 Å². The molecule has 4 rings (SSSR count). The van der Waals surface area contributed by atoms with E-state index in [0.29, 0.717) is 50.7 Å². The van der Waals surface area contributed by atoms with Crippen LogP contribution in [0.15, 0.2) is 54.6 Å². The number of aromatic nitrogens is 2. The van der Waals surface area contributed by atoms with Crippen LogP contribution >= 0.6 is 0 Å². The topological polar surface area (TPSA) is 58.6 Å². The molecule has 1 aromatic heterocycles. The molecule has 2 aromatic carbocycles. The van der Waals surface area contributed by atoms with Crippen molar-refractivity contribution in [1.82, 2.24) is 14.9 Å². The molecule has 0 saturated carbocycles. The predicted octanol–water partition coefficient (Wildman–Crippen LogP) is 3.96. The van der Waals surface area contributed by atoms with Crippen LogP contribution in [0.5, 0.6) is 5.75 Å². The molecule has 0 bridgehead atoms. The Bertz CT molecular complexity index is 1090. The van der Waals surface area contributed by atoms with Crippen LogP contribution < -0.4 is 9.64 Å². The molecule has 1 aliphatic rings. The number of anilines is 1. The Labute approximate surface area is 194 Å². The monoisotopic (exact) mass is 448 g/mol. The van der Waals surface area contributed by atoms with Gasteiger partial charge in [0.2, 0.25) is 5.91 Å². The van der Waals surface area contributed by atoms with E-state index in [2.05, 4.69) is 17.0 Å². The lowest BCUT2D eigenvalue weighted by molar-refractivity contribution is -0.118. The molecule has 0 spiro atoms. The van der Waals surface area contributed by atoms with E-state index in [0.717, 1.165) is 23.5 Å². The lowest BCUT2D eigenvalue weighted by Crippen LogP contribution is -2.38. The van der Waals surface area contributed by atoms with Crippen LogP contribution in [-0.2, 0) is 24.2 Å². The Morgan fingerprint density at radius 1 is 1.06 bits per heavy atom. The zero-order valence-electron chi connectivity index (χ0n) is 19.1. The van der Waals surface area contributed by atoms with E-state index in [4.69, 9.17) is 14.7 Å². The van der Waals surface area contributed by atoms with Gasteiger partial charge in [0.1, 0.15) is 29.8 Å². The third kappa shape index (κ3) is 5.93. The number of amides is 1. The van der Waals surface area contributed by atoms with Gasteiger partial charge >= 0.3 is 0 Å². The van der Waals surface area contributed by atoms with Gasteiger partial charge in [0, 0.05) is 30.8 Å². The van der Waals surface area contributed by atoms with E-state index in [1.165, 1.54) is 17.7 Å². The minimum Gasteiger partial charge on any atom is -0.492 e. The number of likely N-dealkylation sites (N-methyl/N-ethyl adjacent to an activating group) is 1. The maximum absolute atomic E-state index is 13.0. The fourth-order valence-corrected chi connectivity index (χ4v) is 4.00. The predicted molar refractivity (Wildman–Crippen MR) is 126 cm³/mol. The normalized spacial score (nSPS) is 13.3. The minimum absolute atomic E-state index is 0.114. The van der Waals surface area contributed by atoms with E-state index < -0.39 is 0 Å². The Balaban J connectivity index is 1.41. The van der Waals surface area contributed by atoms with Crippen molar-refractivity contribution in [2.75, 3.05) is 31.6 Å². The van der Waals surface area contributed by atoms with E-state index in [1.807, 2.05) is 37.1 Å². The molecule has 1 amide bonds. The van der Waals surface area contributed by atoms with Crippen molar-refractivity contribution in [3.63, 3.8) is 0 Å². The Morgan fingerprint density at radius 3 is 2.58 bits per heavy atom. The molecule has 0 saturated heterocycles. The van der Waals surface area contributed by atoms with Gasteiger partial charge in [-0.05, 0) is 56.6 Å². The molecule has 6 nitrogen and oxygen atoms in total. The van der Waals surface area contributed by atoms with Crippen LogP contribution in [-0.4, -0.2) is 47.5 Å². The Morgan fingerprint density at radius 2 is 1.82 bits per heavy atom. The minimum atomic E-state index is -0.282. The maximum Gasteiger partial charge on any atom is 0.228 e. The first-order chi connectivity index (χ1) is 16.0. The second kappa shape index (κ2) is 10.5. The summed E-state index contributed by atoms with van der Waals surface area (Å²) >= 11 is 0. The summed E-state index contributed by atoms with van der Waals surface area (Å²) in [5.74, 6) is 1.91. The van der Waals surface area contributed by atoms with Gasteiger partial charge in [-0.25, -0.2) is 14.4 Å². The summed E-state index contributed by atoms with van der Waals surface area (Å²) in [6.07, 6.45) is 1.96. The number of hydrogen-bond donors (Lipinski definition) is 0. The van der Waals surface area contributed by atoms with Crippen molar-refractivity contribution in [3.05, 3.63) is 83.1 Å². The van der Waals surface area contributed by atoms with Crippen LogP contribution in [0.1, 0.15) is 29.1 Å². The van der Waals surface area contributed by atoms with Crippen molar-refractivity contribution in [2.24, 2.45) is 0 Å².